The van der Waals surface area contributed by atoms with E-state index in [2.05, 4.69) is 5.32 Å². The minimum Gasteiger partial charge on any atom is -0.410 e. The predicted molar refractivity (Wildman–Crippen MR) is 78.0 cm³/mol. The first-order valence-corrected chi connectivity index (χ1v) is 7.06. The van der Waals surface area contributed by atoms with E-state index in [4.69, 9.17) is 9.47 Å². The van der Waals surface area contributed by atoms with Gasteiger partial charge in [-0.2, -0.15) is 13.2 Å². The summed E-state index contributed by atoms with van der Waals surface area (Å²) in [4.78, 5) is 24.8. The van der Waals surface area contributed by atoms with Gasteiger partial charge in [-0.05, 0) is 39.0 Å². The number of rotatable bonds is 2. The molecule has 1 fully saturated rings. The van der Waals surface area contributed by atoms with Crippen molar-refractivity contribution < 1.29 is 32.2 Å². The molecule has 1 aromatic rings. The van der Waals surface area contributed by atoms with E-state index in [1.807, 2.05) is 0 Å². The van der Waals surface area contributed by atoms with E-state index in [-0.39, 0.29) is 12.4 Å². The first-order chi connectivity index (χ1) is 11.0. The summed E-state index contributed by atoms with van der Waals surface area (Å²) >= 11 is 0. The lowest BCUT2D eigenvalue weighted by molar-refractivity contribution is -0.140. The number of carbonyl (C=O) groups is 2. The summed E-state index contributed by atoms with van der Waals surface area (Å²) in [5.41, 5.74) is -1.45. The van der Waals surface area contributed by atoms with Crippen molar-refractivity contribution in [2.24, 2.45) is 0 Å². The van der Waals surface area contributed by atoms with E-state index in [9.17, 15) is 22.8 Å². The third-order valence-corrected chi connectivity index (χ3v) is 3.00. The van der Waals surface area contributed by atoms with Crippen molar-refractivity contribution in [1.29, 1.82) is 0 Å². The van der Waals surface area contributed by atoms with Crippen LogP contribution in [0, 0.1) is 0 Å². The van der Waals surface area contributed by atoms with E-state index in [0.717, 1.165) is 17.0 Å². The Balaban J connectivity index is 2.08. The molecule has 0 bridgehead atoms. The van der Waals surface area contributed by atoms with Gasteiger partial charge in [0.05, 0.1) is 5.56 Å². The normalized spacial score (nSPS) is 18.7. The lowest BCUT2D eigenvalue weighted by Gasteiger charge is -2.21. The second-order valence-electron chi connectivity index (χ2n) is 6.22. The molecule has 2 rings (SSSR count). The molecule has 1 saturated heterocycles. The number of alkyl carbamates (subject to hydrolysis) is 1. The van der Waals surface area contributed by atoms with Crippen LogP contribution in [0.1, 0.15) is 26.3 Å². The van der Waals surface area contributed by atoms with Gasteiger partial charge in [0, 0.05) is 11.2 Å². The second kappa shape index (κ2) is 6.31. The van der Waals surface area contributed by atoms with Gasteiger partial charge in [-0.1, -0.05) is 6.07 Å². The van der Waals surface area contributed by atoms with Gasteiger partial charge in [0.1, 0.15) is 6.73 Å². The molecule has 1 aliphatic rings. The van der Waals surface area contributed by atoms with Gasteiger partial charge in [0.15, 0.2) is 0 Å². The Morgan fingerprint density at radius 2 is 2.00 bits per heavy atom. The first-order valence-electron chi connectivity index (χ1n) is 7.06. The number of amides is 2. The fourth-order valence-corrected chi connectivity index (χ4v) is 1.97. The van der Waals surface area contributed by atoms with Crippen molar-refractivity contribution in [3.8, 4) is 0 Å². The molecule has 9 heteroatoms. The maximum atomic E-state index is 12.7. The van der Waals surface area contributed by atoms with E-state index < -0.39 is 35.6 Å². The van der Waals surface area contributed by atoms with Crippen molar-refractivity contribution in [2.75, 3.05) is 11.6 Å². The minimum absolute atomic E-state index is 0.0113. The molecule has 0 saturated carbocycles. The van der Waals surface area contributed by atoms with Gasteiger partial charge < -0.3 is 14.8 Å². The van der Waals surface area contributed by atoms with Crippen LogP contribution in [-0.4, -0.2) is 30.6 Å². The maximum absolute atomic E-state index is 12.7. The summed E-state index contributed by atoms with van der Waals surface area (Å²) in [6.45, 7) is 4.86. The summed E-state index contributed by atoms with van der Waals surface area (Å²) in [6.07, 6.45) is -6.88. The number of anilines is 1. The summed E-state index contributed by atoms with van der Waals surface area (Å²) in [5.74, 6) is -0.751. The molecule has 0 aliphatic carbocycles. The summed E-state index contributed by atoms with van der Waals surface area (Å²) in [5, 5.41) is 2.49. The van der Waals surface area contributed by atoms with Crippen LogP contribution >= 0.6 is 0 Å². The Morgan fingerprint density at radius 1 is 1.33 bits per heavy atom. The Morgan fingerprint density at radius 3 is 2.58 bits per heavy atom. The molecule has 1 aliphatic heterocycles. The topological polar surface area (TPSA) is 67.9 Å². The van der Waals surface area contributed by atoms with Crippen LogP contribution in [0.15, 0.2) is 24.3 Å². The average molecular weight is 346 g/mol. The molecule has 0 spiro atoms. The summed E-state index contributed by atoms with van der Waals surface area (Å²) in [6, 6.07) is 4.26. The van der Waals surface area contributed by atoms with Crippen molar-refractivity contribution in [1.82, 2.24) is 5.32 Å². The molecule has 24 heavy (non-hydrogen) atoms. The minimum atomic E-state index is -4.53. The third-order valence-electron chi connectivity index (χ3n) is 3.00. The van der Waals surface area contributed by atoms with E-state index in [1.54, 1.807) is 20.8 Å². The maximum Gasteiger partial charge on any atom is 0.416 e. The summed E-state index contributed by atoms with van der Waals surface area (Å²) in [7, 11) is 0. The number of alkyl halides is 3. The number of halogens is 3. The number of nitrogens with zero attached hydrogens (tertiary/aromatic N) is 1. The molecule has 132 valence electrons. The van der Waals surface area contributed by atoms with E-state index >= 15 is 0 Å². The van der Waals surface area contributed by atoms with E-state index in [0.29, 0.717) is 0 Å². The molecule has 1 atom stereocenters. The quantitative estimate of drug-likeness (QED) is 0.894. The largest absolute Gasteiger partial charge is 0.416 e. The SMILES string of the molecule is CC(C)(C)NC(=O)OC1OCN(c2cccc(C(F)(F)F)c2)C1=O. The van der Waals surface area contributed by atoms with Crippen LogP contribution in [0.3, 0.4) is 0 Å². The third kappa shape index (κ3) is 4.38. The standard InChI is InChI=1S/C15H17F3N2O4/c1-14(2,3)19-13(22)24-12-11(21)20(8-23-12)10-6-4-5-9(7-10)15(16,17)18/h4-7,12H,8H2,1-3H3,(H,19,22). The Hall–Kier alpha value is -2.29. The molecule has 0 aromatic heterocycles. The van der Waals surface area contributed by atoms with Crippen LogP contribution in [0.2, 0.25) is 0 Å². The smallest absolute Gasteiger partial charge is 0.410 e. The fraction of sp³-hybridized carbons (Fsp3) is 0.467. The van der Waals surface area contributed by atoms with Crippen LogP contribution in [0.5, 0.6) is 0 Å². The summed E-state index contributed by atoms with van der Waals surface area (Å²) < 4.78 is 48.2. The number of carbonyl (C=O) groups excluding carboxylic acids is 2. The molecular formula is C15H17F3N2O4. The molecule has 0 radical (unpaired) electrons. The number of benzene rings is 1. The molecule has 1 unspecified atom stereocenters. The highest BCUT2D eigenvalue weighted by atomic mass is 19.4. The van der Waals surface area contributed by atoms with Crippen molar-refractivity contribution in [2.45, 2.75) is 38.8 Å². The fourth-order valence-electron chi connectivity index (χ4n) is 1.97. The number of ether oxygens (including phenoxy) is 2. The Bertz CT molecular complexity index is 640. The zero-order valence-electron chi connectivity index (χ0n) is 13.3. The zero-order valence-corrected chi connectivity index (χ0v) is 13.3. The van der Waals surface area contributed by atoms with Crippen molar-refractivity contribution >= 4 is 17.7 Å². The van der Waals surface area contributed by atoms with Crippen LogP contribution in [-0.2, 0) is 20.4 Å². The molecule has 1 aromatic carbocycles. The van der Waals surface area contributed by atoms with Gasteiger partial charge in [-0.15, -0.1) is 0 Å². The van der Waals surface area contributed by atoms with Gasteiger partial charge >= 0.3 is 12.3 Å². The predicted octanol–water partition coefficient (Wildman–Crippen LogP) is 2.88. The molecule has 2 amide bonds. The monoisotopic (exact) mass is 346 g/mol. The Labute approximate surface area is 136 Å². The highest BCUT2D eigenvalue weighted by Gasteiger charge is 2.38. The molecular weight excluding hydrogens is 329 g/mol. The molecule has 1 N–H and O–H groups in total. The Kier molecular flexibility index (Phi) is 4.75. The number of hydrogen-bond acceptors (Lipinski definition) is 4. The lowest BCUT2D eigenvalue weighted by atomic mass is 10.1. The van der Waals surface area contributed by atoms with Crippen LogP contribution < -0.4 is 10.2 Å². The van der Waals surface area contributed by atoms with Crippen LogP contribution in [0.25, 0.3) is 0 Å². The lowest BCUT2D eigenvalue weighted by Crippen LogP contribution is -2.43. The van der Waals surface area contributed by atoms with Gasteiger partial charge in [0.2, 0.25) is 0 Å². The van der Waals surface area contributed by atoms with Crippen molar-refractivity contribution in [3.05, 3.63) is 29.8 Å². The van der Waals surface area contributed by atoms with Gasteiger partial charge in [-0.3, -0.25) is 9.69 Å². The van der Waals surface area contributed by atoms with Crippen LogP contribution in [0.4, 0.5) is 23.7 Å². The average Bonchev–Trinajstić information content (AvgIpc) is 2.77. The number of nitrogens with one attached hydrogen (secondary N) is 1. The highest BCUT2D eigenvalue weighted by molar-refractivity contribution is 5.98. The second-order valence-corrected chi connectivity index (χ2v) is 6.22. The van der Waals surface area contributed by atoms with Gasteiger partial charge in [0.25, 0.3) is 12.2 Å². The van der Waals surface area contributed by atoms with Gasteiger partial charge in [-0.25, -0.2) is 4.79 Å². The number of hydrogen-bond donors (Lipinski definition) is 1. The van der Waals surface area contributed by atoms with Crippen molar-refractivity contribution in [3.63, 3.8) is 0 Å². The first kappa shape index (κ1) is 18.1. The highest BCUT2D eigenvalue weighted by Crippen LogP contribution is 2.32. The molecule has 6 nitrogen and oxygen atoms in total. The zero-order chi connectivity index (χ0) is 18.1. The van der Waals surface area contributed by atoms with E-state index in [1.165, 1.54) is 12.1 Å². The molecule has 1 heterocycles.